The van der Waals surface area contributed by atoms with Crippen LogP contribution in [0.15, 0.2) is 84.9 Å². The van der Waals surface area contributed by atoms with Gasteiger partial charge in [-0.25, -0.2) is 4.39 Å². The first-order chi connectivity index (χ1) is 15.1. The summed E-state index contributed by atoms with van der Waals surface area (Å²) >= 11 is 0. The summed E-state index contributed by atoms with van der Waals surface area (Å²) in [4.78, 5) is 13.8. The van der Waals surface area contributed by atoms with Gasteiger partial charge in [-0.2, -0.15) is 4.80 Å². The fourth-order valence-corrected chi connectivity index (χ4v) is 3.29. The molecule has 1 amide bonds. The van der Waals surface area contributed by atoms with Crippen molar-refractivity contribution in [3.05, 3.63) is 90.7 Å². The van der Waals surface area contributed by atoms with E-state index in [-0.39, 0.29) is 18.3 Å². The number of carbonyl (C=O) groups is 1. The van der Waals surface area contributed by atoms with Gasteiger partial charge in [0, 0.05) is 5.69 Å². The molecule has 0 saturated heterocycles. The molecule has 0 spiro atoms. The lowest BCUT2D eigenvalue weighted by molar-refractivity contribution is -0.118. The van der Waals surface area contributed by atoms with Crippen molar-refractivity contribution in [2.75, 3.05) is 11.9 Å². The monoisotopic (exact) mass is 412 g/mol. The van der Waals surface area contributed by atoms with Crippen molar-refractivity contribution >= 4 is 33.4 Å². The number of anilines is 1. The first-order valence-corrected chi connectivity index (χ1v) is 9.69. The molecule has 1 N–H and O–H groups in total. The molecule has 0 fully saturated rings. The summed E-state index contributed by atoms with van der Waals surface area (Å²) in [5, 5.41) is 13.8. The van der Waals surface area contributed by atoms with Gasteiger partial charge in [0.2, 0.25) is 0 Å². The van der Waals surface area contributed by atoms with Crippen LogP contribution in [0.3, 0.4) is 0 Å². The predicted molar refractivity (Wildman–Crippen MR) is 117 cm³/mol. The number of ether oxygens (including phenoxy) is 1. The van der Waals surface area contributed by atoms with E-state index in [2.05, 4.69) is 15.5 Å². The number of fused-ring (bicyclic) bond motifs is 2. The summed E-state index contributed by atoms with van der Waals surface area (Å²) in [6.07, 6.45) is 0. The van der Waals surface area contributed by atoms with Crippen LogP contribution in [-0.2, 0) is 4.79 Å². The summed E-state index contributed by atoms with van der Waals surface area (Å²) in [7, 11) is 0. The van der Waals surface area contributed by atoms with Gasteiger partial charge in [0.15, 0.2) is 6.61 Å². The second-order valence-electron chi connectivity index (χ2n) is 7.02. The highest BCUT2D eigenvalue weighted by atomic mass is 19.1. The minimum absolute atomic E-state index is 0.112. The number of nitrogens with one attached hydrogen (secondary N) is 1. The number of halogens is 1. The van der Waals surface area contributed by atoms with E-state index in [0.29, 0.717) is 28.2 Å². The molecule has 0 saturated carbocycles. The van der Waals surface area contributed by atoms with Gasteiger partial charge >= 0.3 is 0 Å². The number of hydrogen-bond donors (Lipinski definition) is 1. The third-order valence-corrected chi connectivity index (χ3v) is 4.81. The second kappa shape index (κ2) is 7.87. The molecule has 1 heterocycles. The Hall–Kier alpha value is -4.26. The van der Waals surface area contributed by atoms with E-state index in [4.69, 9.17) is 4.74 Å². The second-order valence-corrected chi connectivity index (χ2v) is 7.02. The van der Waals surface area contributed by atoms with Crippen LogP contribution in [-0.4, -0.2) is 27.5 Å². The Labute approximate surface area is 176 Å². The molecule has 0 bridgehead atoms. The van der Waals surface area contributed by atoms with Crippen LogP contribution in [0.5, 0.6) is 5.75 Å². The van der Waals surface area contributed by atoms with Gasteiger partial charge in [0.05, 0.1) is 5.69 Å². The Morgan fingerprint density at radius 1 is 0.871 bits per heavy atom. The number of amides is 1. The van der Waals surface area contributed by atoms with Gasteiger partial charge < -0.3 is 10.1 Å². The molecule has 1 aromatic heterocycles. The molecule has 0 aliphatic rings. The predicted octanol–water partition coefficient (Wildman–Crippen LogP) is 4.73. The summed E-state index contributed by atoms with van der Waals surface area (Å²) in [5.74, 6) is 0.0290. The van der Waals surface area contributed by atoms with Gasteiger partial charge in [-0.3, -0.25) is 4.79 Å². The summed E-state index contributed by atoms with van der Waals surface area (Å²) in [6, 6.07) is 24.8. The smallest absolute Gasteiger partial charge is 0.262 e. The Kier molecular flexibility index (Phi) is 4.76. The fourth-order valence-electron chi connectivity index (χ4n) is 3.29. The van der Waals surface area contributed by atoms with Crippen molar-refractivity contribution in [3.8, 4) is 11.4 Å². The molecular formula is C24H17FN4O2. The van der Waals surface area contributed by atoms with Crippen LogP contribution in [0.25, 0.3) is 27.5 Å². The van der Waals surface area contributed by atoms with Crippen molar-refractivity contribution < 1.29 is 13.9 Å². The van der Waals surface area contributed by atoms with E-state index >= 15 is 0 Å². The van der Waals surface area contributed by atoms with E-state index in [1.807, 2.05) is 42.5 Å². The average Bonchev–Trinajstić information content (AvgIpc) is 3.21. The van der Waals surface area contributed by atoms with Crippen molar-refractivity contribution in [1.82, 2.24) is 15.0 Å². The van der Waals surface area contributed by atoms with Gasteiger partial charge in [0.1, 0.15) is 22.6 Å². The van der Waals surface area contributed by atoms with E-state index in [1.165, 1.54) is 16.9 Å². The zero-order valence-electron chi connectivity index (χ0n) is 16.3. The first-order valence-electron chi connectivity index (χ1n) is 9.69. The highest BCUT2D eigenvalue weighted by Gasteiger charge is 2.09. The zero-order valence-corrected chi connectivity index (χ0v) is 16.3. The quantitative estimate of drug-likeness (QED) is 0.453. The number of rotatable bonds is 5. The lowest BCUT2D eigenvalue weighted by atomic mass is 10.1. The number of hydrogen-bond acceptors (Lipinski definition) is 4. The Bertz CT molecular complexity index is 1400. The third-order valence-electron chi connectivity index (χ3n) is 4.81. The SMILES string of the molecule is O=C(COc1ccc2ccccc2c1)Nc1ccc2nn(-c3ccc(F)cc3)nc2c1. The summed E-state index contributed by atoms with van der Waals surface area (Å²) in [5.41, 5.74) is 2.50. The molecular weight excluding hydrogens is 395 g/mol. The zero-order chi connectivity index (χ0) is 21.2. The number of carbonyl (C=O) groups excluding carboxylic acids is 1. The molecule has 0 unspecified atom stereocenters. The van der Waals surface area contributed by atoms with Gasteiger partial charge in [0.25, 0.3) is 5.91 Å². The molecule has 0 aliphatic carbocycles. The molecule has 0 aliphatic heterocycles. The largest absolute Gasteiger partial charge is 0.484 e. The van der Waals surface area contributed by atoms with Crippen LogP contribution in [0.2, 0.25) is 0 Å². The Balaban J connectivity index is 1.26. The fraction of sp³-hybridized carbons (Fsp3) is 0.0417. The standard InChI is InChI=1S/C24H17FN4O2/c25-18-6-9-20(10-7-18)29-27-22-12-8-19(14-23(22)28-29)26-24(30)15-31-21-11-5-16-3-1-2-4-17(16)13-21/h1-14H,15H2,(H,26,30). The molecule has 5 aromatic rings. The van der Waals surface area contributed by atoms with E-state index in [1.54, 1.807) is 30.3 Å². The first kappa shape index (κ1) is 18.7. The van der Waals surface area contributed by atoms with Crippen molar-refractivity contribution in [3.63, 3.8) is 0 Å². The van der Waals surface area contributed by atoms with Crippen molar-refractivity contribution in [2.24, 2.45) is 0 Å². The van der Waals surface area contributed by atoms with Crippen molar-refractivity contribution in [1.29, 1.82) is 0 Å². The Morgan fingerprint density at radius 3 is 2.48 bits per heavy atom. The van der Waals surface area contributed by atoms with Gasteiger partial charge in [-0.15, -0.1) is 10.2 Å². The molecule has 0 atom stereocenters. The average molecular weight is 412 g/mol. The van der Waals surface area contributed by atoms with Gasteiger partial charge in [-0.05, 0) is 65.4 Å². The molecule has 5 rings (SSSR count). The minimum Gasteiger partial charge on any atom is -0.484 e. The summed E-state index contributed by atoms with van der Waals surface area (Å²) < 4.78 is 18.8. The number of nitrogens with zero attached hydrogens (tertiary/aromatic N) is 3. The maximum absolute atomic E-state index is 13.1. The highest BCUT2D eigenvalue weighted by Crippen LogP contribution is 2.21. The van der Waals surface area contributed by atoms with Crippen LogP contribution in [0.4, 0.5) is 10.1 Å². The lowest BCUT2D eigenvalue weighted by Crippen LogP contribution is -2.20. The molecule has 0 radical (unpaired) electrons. The van der Waals surface area contributed by atoms with Gasteiger partial charge in [-0.1, -0.05) is 30.3 Å². The van der Waals surface area contributed by atoms with E-state index in [0.717, 1.165) is 10.8 Å². The van der Waals surface area contributed by atoms with E-state index in [9.17, 15) is 9.18 Å². The maximum atomic E-state index is 13.1. The van der Waals surface area contributed by atoms with Crippen LogP contribution < -0.4 is 10.1 Å². The molecule has 6 nitrogen and oxygen atoms in total. The van der Waals surface area contributed by atoms with Crippen LogP contribution in [0, 0.1) is 5.82 Å². The Morgan fingerprint density at radius 2 is 1.65 bits per heavy atom. The number of aromatic nitrogens is 3. The van der Waals surface area contributed by atoms with Crippen molar-refractivity contribution in [2.45, 2.75) is 0 Å². The maximum Gasteiger partial charge on any atom is 0.262 e. The van der Waals surface area contributed by atoms with Crippen LogP contribution in [0.1, 0.15) is 0 Å². The van der Waals surface area contributed by atoms with E-state index < -0.39 is 0 Å². The minimum atomic E-state index is -0.323. The third kappa shape index (κ3) is 4.06. The molecule has 4 aromatic carbocycles. The normalized spacial score (nSPS) is 11.0. The lowest BCUT2D eigenvalue weighted by Gasteiger charge is -2.08. The van der Waals surface area contributed by atoms with Crippen LogP contribution >= 0.6 is 0 Å². The molecule has 152 valence electrons. The molecule has 7 heteroatoms. The molecule has 31 heavy (non-hydrogen) atoms. The highest BCUT2D eigenvalue weighted by molar-refractivity contribution is 5.94. The topological polar surface area (TPSA) is 69.0 Å². The summed E-state index contributed by atoms with van der Waals surface area (Å²) in [6.45, 7) is -0.112. The number of benzene rings is 4.